The Hall–Kier alpha value is -1.23. The highest BCUT2D eigenvalue weighted by atomic mass is 32.2. The third kappa shape index (κ3) is 1.60. The van der Waals surface area contributed by atoms with Crippen molar-refractivity contribution in [2.75, 3.05) is 10.5 Å². The predicted molar refractivity (Wildman–Crippen MR) is 49.2 cm³/mol. The Bertz CT molecular complexity index is 439. The van der Waals surface area contributed by atoms with Crippen LogP contribution in [-0.2, 0) is 16.4 Å². The molecule has 0 amide bonds. The lowest BCUT2D eigenvalue weighted by atomic mass is 10.1. The van der Waals surface area contributed by atoms with Crippen LogP contribution < -0.4 is 4.72 Å². The molecule has 0 radical (unpaired) electrons. The first-order chi connectivity index (χ1) is 6.07. The molecular formula is C8H9NO3S. The number of aromatic hydroxyl groups is 1. The molecule has 2 N–H and O–H groups in total. The fourth-order valence-electron chi connectivity index (χ4n) is 1.35. The summed E-state index contributed by atoms with van der Waals surface area (Å²) in [6.45, 7) is 0. The van der Waals surface area contributed by atoms with E-state index < -0.39 is 10.0 Å². The highest BCUT2D eigenvalue weighted by molar-refractivity contribution is 7.92. The molecule has 0 aliphatic carbocycles. The number of benzene rings is 1. The summed E-state index contributed by atoms with van der Waals surface area (Å²) in [5, 5.41) is 9.14. The van der Waals surface area contributed by atoms with Crippen molar-refractivity contribution in [3.8, 4) is 5.75 Å². The average molecular weight is 199 g/mol. The van der Waals surface area contributed by atoms with Crippen LogP contribution in [-0.4, -0.2) is 19.3 Å². The fourth-order valence-corrected chi connectivity index (χ4v) is 2.47. The van der Waals surface area contributed by atoms with Gasteiger partial charge in [-0.15, -0.1) is 0 Å². The van der Waals surface area contributed by atoms with Gasteiger partial charge in [-0.1, -0.05) is 0 Å². The molecular weight excluding hydrogens is 190 g/mol. The van der Waals surface area contributed by atoms with Gasteiger partial charge < -0.3 is 5.11 Å². The van der Waals surface area contributed by atoms with Crippen LogP contribution in [0.15, 0.2) is 18.2 Å². The summed E-state index contributed by atoms with van der Waals surface area (Å²) in [4.78, 5) is 0. The van der Waals surface area contributed by atoms with Crippen LogP contribution in [0.3, 0.4) is 0 Å². The average Bonchev–Trinajstić information content (AvgIpc) is 2.05. The minimum atomic E-state index is -3.14. The van der Waals surface area contributed by atoms with Gasteiger partial charge in [0.25, 0.3) is 0 Å². The van der Waals surface area contributed by atoms with Crippen LogP contribution >= 0.6 is 0 Å². The summed E-state index contributed by atoms with van der Waals surface area (Å²) < 4.78 is 24.7. The van der Waals surface area contributed by atoms with Crippen molar-refractivity contribution < 1.29 is 13.5 Å². The molecule has 2 rings (SSSR count). The Kier molecular flexibility index (Phi) is 1.69. The molecule has 4 nitrogen and oxygen atoms in total. The molecule has 0 saturated carbocycles. The van der Waals surface area contributed by atoms with Crippen LogP contribution in [0.1, 0.15) is 5.56 Å². The molecule has 1 aliphatic heterocycles. The van der Waals surface area contributed by atoms with Gasteiger partial charge in [0.15, 0.2) is 0 Å². The Balaban J connectivity index is 2.48. The van der Waals surface area contributed by atoms with E-state index in [4.69, 9.17) is 5.11 Å². The van der Waals surface area contributed by atoms with Gasteiger partial charge in [-0.25, -0.2) is 8.42 Å². The molecule has 70 valence electrons. The smallest absolute Gasteiger partial charge is 0.233 e. The lowest BCUT2D eigenvalue weighted by Crippen LogP contribution is -2.23. The Morgan fingerprint density at radius 1 is 1.38 bits per heavy atom. The van der Waals surface area contributed by atoms with Gasteiger partial charge in [0.2, 0.25) is 10.0 Å². The highest BCUT2D eigenvalue weighted by Crippen LogP contribution is 2.26. The zero-order valence-electron chi connectivity index (χ0n) is 6.82. The van der Waals surface area contributed by atoms with Crippen molar-refractivity contribution in [2.24, 2.45) is 0 Å². The minimum absolute atomic E-state index is 0.0868. The highest BCUT2D eigenvalue weighted by Gasteiger charge is 2.19. The van der Waals surface area contributed by atoms with Crippen molar-refractivity contribution in [3.05, 3.63) is 23.8 Å². The van der Waals surface area contributed by atoms with E-state index in [1.165, 1.54) is 6.07 Å². The van der Waals surface area contributed by atoms with E-state index in [0.717, 1.165) is 5.56 Å². The number of nitrogens with one attached hydrogen (secondary N) is 1. The predicted octanol–water partition coefficient (Wildman–Crippen LogP) is 0.690. The second-order valence-electron chi connectivity index (χ2n) is 3.01. The molecule has 0 fully saturated rings. The SMILES string of the molecule is O=S1(=O)CCc2cc(O)ccc2N1. The number of sulfonamides is 1. The van der Waals surface area contributed by atoms with E-state index in [2.05, 4.69) is 4.72 Å². The van der Waals surface area contributed by atoms with Crippen LogP contribution in [0, 0.1) is 0 Å². The molecule has 1 aromatic carbocycles. The third-order valence-electron chi connectivity index (χ3n) is 1.99. The van der Waals surface area contributed by atoms with Gasteiger partial charge in [-0.3, -0.25) is 4.72 Å². The third-order valence-corrected chi connectivity index (χ3v) is 3.27. The van der Waals surface area contributed by atoms with E-state index in [0.29, 0.717) is 12.1 Å². The van der Waals surface area contributed by atoms with Gasteiger partial charge in [0.05, 0.1) is 11.4 Å². The quantitative estimate of drug-likeness (QED) is 0.604. The van der Waals surface area contributed by atoms with Crippen molar-refractivity contribution in [2.45, 2.75) is 6.42 Å². The lowest BCUT2D eigenvalue weighted by molar-refractivity contribution is 0.474. The maximum absolute atomic E-state index is 11.1. The van der Waals surface area contributed by atoms with Gasteiger partial charge in [-0.05, 0) is 30.2 Å². The summed E-state index contributed by atoms with van der Waals surface area (Å²) >= 11 is 0. The number of aryl methyl sites for hydroxylation is 1. The van der Waals surface area contributed by atoms with E-state index >= 15 is 0 Å². The topological polar surface area (TPSA) is 66.4 Å². The van der Waals surface area contributed by atoms with Crippen molar-refractivity contribution >= 4 is 15.7 Å². The Labute approximate surface area is 76.3 Å². The molecule has 0 saturated heterocycles. The van der Waals surface area contributed by atoms with Crippen LogP contribution in [0.4, 0.5) is 5.69 Å². The lowest BCUT2D eigenvalue weighted by Gasteiger charge is -2.17. The molecule has 1 aromatic rings. The molecule has 0 atom stereocenters. The summed E-state index contributed by atoms with van der Waals surface area (Å²) in [5.41, 5.74) is 1.42. The second-order valence-corrected chi connectivity index (χ2v) is 4.85. The second kappa shape index (κ2) is 2.63. The summed E-state index contributed by atoms with van der Waals surface area (Å²) in [6.07, 6.45) is 0.457. The molecule has 1 heterocycles. The van der Waals surface area contributed by atoms with E-state index in [9.17, 15) is 8.42 Å². The largest absolute Gasteiger partial charge is 0.508 e. The molecule has 0 bridgehead atoms. The van der Waals surface area contributed by atoms with Crippen LogP contribution in [0.2, 0.25) is 0 Å². The summed E-state index contributed by atoms with van der Waals surface area (Å²) in [5.74, 6) is 0.253. The zero-order valence-corrected chi connectivity index (χ0v) is 7.63. The van der Waals surface area contributed by atoms with E-state index in [1.54, 1.807) is 12.1 Å². The summed E-state index contributed by atoms with van der Waals surface area (Å²) in [7, 11) is -3.14. The van der Waals surface area contributed by atoms with Gasteiger partial charge in [0, 0.05) is 0 Å². The normalized spacial score (nSPS) is 18.8. The first-order valence-corrected chi connectivity index (χ1v) is 5.54. The van der Waals surface area contributed by atoms with Crippen molar-refractivity contribution in [1.29, 1.82) is 0 Å². The van der Waals surface area contributed by atoms with Gasteiger partial charge in [0.1, 0.15) is 5.75 Å². The van der Waals surface area contributed by atoms with Crippen molar-refractivity contribution in [1.82, 2.24) is 0 Å². The number of phenolic OH excluding ortho intramolecular Hbond substituents is 1. The maximum atomic E-state index is 11.1. The zero-order chi connectivity index (χ0) is 9.47. The molecule has 0 spiro atoms. The minimum Gasteiger partial charge on any atom is -0.508 e. The van der Waals surface area contributed by atoms with E-state index in [-0.39, 0.29) is 11.5 Å². The Morgan fingerprint density at radius 3 is 2.92 bits per heavy atom. The number of rotatable bonds is 0. The Morgan fingerprint density at radius 2 is 2.15 bits per heavy atom. The molecule has 1 aliphatic rings. The summed E-state index contributed by atoms with van der Waals surface area (Å²) in [6, 6.07) is 4.62. The number of anilines is 1. The van der Waals surface area contributed by atoms with Crippen LogP contribution in [0.5, 0.6) is 5.75 Å². The van der Waals surface area contributed by atoms with Gasteiger partial charge >= 0.3 is 0 Å². The molecule has 5 heteroatoms. The number of hydrogen-bond acceptors (Lipinski definition) is 3. The molecule has 0 aromatic heterocycles. The monoisotopic (exact) mass is 199 g/mol. The fraction of sp³-hybridized carbons (Fsp3) is 0.250. The van der Waals surface area contributed by atoms with E-state index in [1.807, 2.05) is 0 Å². The number of phenols is 1. The maximum Gasteiger partial charge on any atom is 0.233 e. The van der Waals surface area contributed by atoms with Crippen LogP contribution in [0.25, 0.3) is 0 Å². The number of hydrogen-bond donors (Lipinski definition) is 2. The van der Waals surface area contributed by atoms with Gasteiger partial charge in [-0.2, -0.15) is 0 Å². The molecule has 0 unspecified atom stereocenters. The van der Waals surface area contributed by atoms with Crippen molar-refractivity contribution in [3.63, 3.8) is 0 Å². The first-order valence-electron chi connectivity index (χ1n) is 3.89. The standard InChI is InChI=1S/C8H9NO3S/c10-7-1-2-8-6(5-7)3-4-13(11,12)9-8/h1-2,5,9-10H,3-4H2. The molecule has 13 heavy (non-hydrogen) atoms. The number of fused-ring (bicyclic) bond motifs is 1. The first kappa shape index (κ1) is 8.37.